The fourth-order valence-corrected chi connectivity index (χ4v) is 3.11. The first-order valence-corrected chi connectivity index (χ1v) is 9.92. The van der Waals surface area contributed by atoms with Gasteiger partial charge in [-0.15, -0.1) is 0 Å². The minimum Gasteiger partial charge on any atom is -0.481 e. The van der Waals surface area contributed by atoms with Gasteiger partial charge in [0.15, 0.2) is 0 Å². The molecule has 0 aromatic heterocycles. The summed E-state index contributed by atoms with van der Waals surface area (Å²) in [6.45, 7) is 3.89. The van der Waals surface area contributed by atoms with E-state index in [4.69, 9.17) is 5.11 Å². The van der Waals surface area contributed by atoms with Crippen molar-refractivity contribution >= 4 is 5.97 Å². The van der Waals surface area contributed by atoms with Crippen LogP contribution in [0.3, 0.4) is 0 Å². The van der Waals surface area contributed by atoms with E-state index in [2.05, 4.69) is 6.92 Å². The first-order chi connectivity index (χ1) is 11.0. The van der Waals surface area contributed by atoms with Crippen LogP contribution in [0.1, 0.15) is 117 Å². The number of hydrogen-bond acceptors (Lipinski definition) is 2. The number of carbonyl (C=O) groups is 1. The van der Waals surface area contributed by atoms with Gasteiger partial charge in [0.1, 0.15) is 0 Å². The molecule has 0 aliphatic rings. The predicted molar refractivity (Wildman–Crippen MR) is 97.8 cm³/mol. The molecule has 0 amide bonds. The quantitative estimate of drug-likeness (QED) is 0.318. The number of aliphatic carboxylic acids is 1. The Balaban J connectivity index is 3.20. The number of aliphatic hydroxyl groups is 1. The van der Waals surface area contributed by atoms with Gasteiger partial charge >= 0.3 is 5.97 Å². The third-order valence-electron chi connectivity index (χ3n) is 4.60. The molecule has 1 unspecified atom stereocenters. The molecule has 0 fully saturated rings. The highest BCUT2D eigenvalue weighted by Gasteiger charge is 2.23. The molecule has 0 saturated heterocycles. The van der Waals surface area contributed by atoms with Crippen LogP contribution >= 0.6 is 0 Å². The van der Waals surface area contributed by atoms with Crippen molar-refractivity contribution in [3.63, 3.8) is 0 Å². The van der Waals surface area contributed by atoms with Crippen molar-refractivity contribution in [1.29, 1.82) is 0 Å². The number of carboxylic acids is 1. The van der Waals surface area contributed by atoms with Gasteiger partial charge in [0, 0.05) is 0 Å². The normalized spacial score (nSPS) is 13.9. The van der Waals surface area contributed by atoms with Crippen LogP contribution in [-0.2, 0) is 4.79 Å². The SMILES string of the molecule is CCCCCCCCCCCCCCCCC(C)(O)CC(=O)O. The topological polar surface area (TPSA) is 57.5 Å². The average molecular weight is 329 g/mol. The minimum absolute atomic E-state index is 0.147. The molecule has 23 heavy (non-hydrogen) atoms. The summed E-state index contributed by atoms with van der Waals surface area (Å²) in [6, 6.07) is 0. The summed E-state index contributed by atoms with van der Waals surface area (Å²) < 4.78 is 0. The molecule has 0 spiro atoms. The summed E-state index contributed by atoms with van der Waals surface area (Å²) in [6.07, 6.45) is 18.8. The highest BCUT2D eigenvalue weighted by Crippen LogP contribution is 2.19. The Morgan fingerprint density at radius 3 is 1.43 bits per heavy atom. The van der Waals surface area contributed by atoms with Crippen LogP contribution in [0.4, 0.5) is 0 Å². The Labute approximate surface area is 143 Å². The van der Waals surface area contributed by atoms with E-state index in [1.807, 2.05) is 0 Å². The van der Waals surface area contributed by atoms with Gasteiger partial charge in [0.2, 0.25) is 0 Å². The Bertz CT molecular complexity index is 274. The van der Waals surface area contributed by atoms with E-state index in [-0.39, 0.29) is 6.42 Å². The van der Waals surface area contributed by atoms with Crippen molar-refractivity contribution in [2.45, 2.75) is 122 Å². The van der Waals surface area contributed by atoms with E-state index in [0.717, 1.165) is 12.8 Å². The van der Waals surface area contributed by atoms with Crippen LogP contribution in [0.5, 0.6) is 0 Å². The molecule has 3 nitrogen and oxygen atoms in total. The summed E-state index contributed by atoms with van der Waals surface area (Å²) in [4.78, 5) is 10.6. The zero-order valence-electron chi connectivity index (χ0n) is 15.6. The molecule has 3 heteroatoms. The Hall–Kier alpha value is -0.570. The van der Waals surface area contributed by atoms with E-state index < -0.39 is 11.6 Å². The van der Waals surface area contributed by atoms with E-state index in [9.17, 15) is 9.90 Å². The maximum Gasteiger partial charge on any atom is 0.306 e. The number of hydrogen-bond donors (Lipinski definition) is 2. The molecule has 0 radical (unpaired) electrons. The lowest BCUT2D eigenvalue weighted by Gasteiger charge is -2.20. The molecule has 2 N–H and O–H groups in total. The summed E-state index contributed by atoms with van der Waals surface area (Å²) in [5, 5.41) is 18.6. The van der Waals surface area contributed by atoms with E-state index >= 15 is 0 Å². The van der Waals surface area contributed by atoms with Crippen molar-refractivity contribution in [2.75, 3.05) is 0 Å². The van der Waals surface area contributed by atoms with Gasteiger partial charge in [-0.2, -0.15) is 0 Å². The molecule has 0 aliphatic carbocycles. The van der Waals surface area contributed by atoms with Crippen LogP contribution < -0.4 is 0 Å². The predicted octanol–water partition coefficient (Wildman–Crippen LogP) is 6.08. The molecular formula is C20H40O3. The van der Waals surface area contributed by atoms with Crippen LogP contribution in [0.25, 0.3) is 0 Å². The molecular weight excluding hydrogens is 288 g/mol. The molecule has 0 heterocycles. The van der Waals surface area contributed by atoms with Gasteiger partial charge in [-0.3, -0.25) is 4.79 Å². The van der Waals surface area contributed by atoms with Crippen molar-refractivity contribution < 1.29 is 15.0 Å². The van der Waals surface area contributed by atoms with Gasteiger partial charge in [0.05, 0.1) is 12.0 Å². The highest BCUT2D eigenvalue weighted by atomic mass is 16.4. The van der Waals surface area contributed by atoms with Gasteiger partial charge in [0.25, 0.3) is 0 Å². The molecule has 0 bridgehead atoms. The lowest BCUT2D eigenvalue weighted by atomic mass is 9.94. The largest absolute Gasteiger partial charge is 0.481 e. The number of unbranched alkanes of at least 4 members (excludes halogenated alkanes) is 13. The van der Waals surface area contributed by atoms with Gasteiger partial charge in [-0.05, 0) is 13.3 Å². The average Bonchev–Trinajstić information content (AvgIpc) is 2.46. The summed E-state index contributed by atoms with van der Waals surface area (Å²) in [5.41, 5.74) is -1.04. The van der Waals surface area contributed by atoms with E-state index in [0.29, 0.717) is 6.42 Å². The second-order valence-corrected chi connectivity index (χ2v) is 7.41. The molecule has 0 aromatic carbocycles. The maximum atomic E-state index is 10.6. The third kappa shape index (κ3) is 17.6. The molecule has 0 saturated carbocycles. The highest BCUT2D eigenvalue weighted by molar-refractivity contribution is 5.67. The fourth-order valence-electron chi connectivity index (χ4n) is 3.11. The first-order valence-electron chi connectivity index (χ1n) is 9.92. The Morgan fingerprint density at radius 1 is 0.739 bits per heavy atom. The van der Waals surface area contributed by atoms with E-state index in [1.165, 1.54) is 77.0 Å². The molecule has 0 aliphatic heterocycles. The van der Waals surface area contributed by atoms with Crippen molar-refractivity contribution in [2.24, 2.45) is 0 Å². The lowest BCUT2D eigenvalue weighted by Crippen LogP contribution is -2.27. The molecule has 0 rings (SSSR count). The second-order valence-electron chi connectivity index (χ2n) is 7.41. The summed E-state index contributed by atoms with van der Waals surface area (Å²) in [7, 11) is 0. The van der Waals surface area contributed by atoms with Gasteiger partial charge < -0.3 is 10.2 Å². The van der Waals surface area contributed by atoms with Crippen LogP contribution in [-0.4, -0.2) is 21.8 Å². The standard InChI is InChI=1S/C20H40O3/c1-3-4-5-6-7-8-9-10-11-12-13-14-15-16-17-20(2,23)18-19(21)22/h23H,3-18H2,1-2H3,(H,21,22). The van der Waals surface area contributed by atoms with Crippen LogP contribution in [0.15, 0.2) is 0 Å². The molecule has 138 valence electrons. The van der Waals surface area contributed by atoms with Gasteiger partial charge in [-0.1, -0.05) is 96.8 Å². The second kappa shape index (κ2) is 15.0. The van der Waals surface area contributed by atoms with Crippen molar-refractivity contribution in [1.82, 2.24) is 0 Å². The van der Waals surface area contributed by atoms with Crippen LogP contribution in [0.2, 0.25) is 0 Å². The van der Waals surface area contributed by atoms with Crippen molar-refractivity contribution in [3.8, 4) is 0 Å². The van der Waals surface area contributed by atoms with Crippen LogP contribution in [0, 0.1) is 0 Å². The number of carboxylic acid groups (broad SMARTS) is 1. The Kier molecular flexibility index (Phi) is 14.6. The van der Waals surface area contributed by atoms with E-state index in [1.54, 1.807) is 6.92 Å². The summed E-state index contributed by atoms with van der Waals surface area (Å²) in [5.74, 6) is -0.916. The van der Waals surface area contributed by atoms with Crippen molar-refractivity contribution in [3.05, 3.63) is 0 Å². The zero-order chi connectivity index (χ0) is 17.4. The third-order valence-corrected chi connectivity index (χ3v) is 4.60. The Morgan fingerprint density at radius 2 is 1.09 bits per heavy atom. The monoisotopic (exact) mass is 328 g/mol. The fraction of sp³-hybridized carbons (Fsp3) is 0.950. The minimum atomic E-state index is -1.04. The zero-order valence-corrected chi connectivity index (χ0v) is 15.6. The van der Waals surface area contributed by atoms with Gasteiger partial charge in [-0.25, -0.2) is 0 Å². The summed E-state index contributed by atoms with van der Waals surface area (Å²) >= 11 is 0. The first kappa shape index (κ1) is 22.4. The maximum absolute atomic E-state index is 10.6. The lowest BCUT2D eigenvalue weighted by molar-refractivity contribution is -0.142. The number of rotatable bonds is 17. The smallest absolute Gasteiger partial charge is 0.306 e. The molecule has 0 aromatic rings. The molecule has 1 atom stereocenters.